The van der Waals surface area contributed by atoms with E-state index in [0.29, 0.717) is 17.4 Å². The maximum absolute atomic E-state index is 13.3. The van der Waals surface area contributed by atoms with E-state index in [9.17, 15) is 4.79 Å². The topological polar surface area (TPSA) is 67.5 Å². The number of hydrogen-bond donors (Lipinski definition) is 0. The Labute approximate surface area is 207 Å². The van der Waals surface area contributed by atoms with Crippen LogP contribution in [0, 0.1) is 5.92 Å². The molecule has 0 amide bonds. The summed E-state index contributed by atoms with van der Waals surface area (Å²) in [6.07, 6.45) is 6.89. The third kappa shape index (κ3) is 3.82. The summed E-state index contributed by atoms with van der Waals surface area (Å²) in [7, 11) is 3.65. The minimum Gasteiger partial charge on any atom is -0.496 e. The van der Waals surface area contributed by atoms with Gasteiger partial charge in [-0.15, -0.1) is 0 Å². The molecule has 0 radical (unpaired) electrons. The van der Waals surface area contributed by atoms with E-state index in [0.717, 1.165) is 58.6 Å². The van der Waals surface area contributed by atoms with Crippen LogP contribution in [0.3, 0.4) is 0 Å². The number of rotatable bonds is 5. The lowest BCUT2D eigenvalue weighted by Gasteiger charge is -2.22. The SMILES string of the molecule is COc1cc2c(cc1-c1ccn(C)c1)-c1c(c(C(=O)O[C@H]3CC[C@H](C)C3)nn1-c1ccsc1)CO2. The van der Waals surface area contributed by atoms with Gasteiger partial charge >= 0.3 is 5.97 Å². The molecule has 7 nitrogen and oxygen atoms in total. The molecule has 1 saturated carbocycles. The monoisotopic (exact) mass is 489 g/mol. The van der Waals surface area contributed by atoms with E-state index in [4.69, 9.17) is 19.3 Å². The minimum absolute atomic E-state index is 0.0508. The summed E-state index contributed by atoms with van der Waals surface area (Å²) >= 11 is 1.59. The fourth-order valence-electron chi connectivity index (χ4n) is 5.13. The van der Waals surface area contributed by atoms with Crippen LogP contribution in [-0.4, -0.2) is 33.5 Å². The molecule has 0 unspecified atom stereocenters. The Morgan fingerprint density at radius 1 is 1.23 bits per heavy atom. The molecule has 4 aromatic rings. The summed E-state index contributed by atoms with van der Waals surface area (Å²) in [5.41, 5.74) is 5.71. The third-order valence-corrected chi connectivity index (χ3v) is 7.59. The second-order valence-electron chi connectivity index (χ2n) is 9.42. The third-order valence-electron chi connectivity index (χ3n) is 6.92. The smallest absolute Gasteiger partial charge is 0.359 e. The molecule has 35 heavy (non-hydrogen) atoms. The molecule has 4 heterocycles. The standard InChI is InChI=1S/C27H27N3O4S/c1-16-4-5-19(10-16)34-27(31)25-22-14-33-24-12-23(32-3)20(17-6-8-29(2)13-17)11-21(24)26(22)30(28-25)18-7-9-35-15-18/h6-9,11-13,15-16,19H,4-5,10,14H2,1-3H3/t16-,19-/m0/s1. The Morgan fingerprint density at radius 2 is 2.11 bits per heavy atom. The van der Waals surface area contributed by atoms with Crippen LogP contribution in [0.15, 0.2) is 47.4 Å². The molecule has 0 bridgehead atoms. The van der Waals surface area contributed by atoms with Crippen LogP contribution in [-0.2, 0) is 18.4 Å². The Hall–Kier alpha value is -3.52. The van der Waals surface area contributed by atoms with Crippen molar-refractivity contribution in [3.8, 4) is 39.6 Å². The number of methoxy groups -OCH3 is 1. The molecule has 1 aliphatic heterocycles. The predicted molar refractivity (Wildman–Crippen MR) is 134 cm³/mol. The van der Waals surface area contributed by atoms with Crippen LogP contribution in [0.4, 0.5) is 0 Å². The molecule has 6 rings (SSSR count). The van der Waals surface area contributed by atoms with E-state index in [1.54, 1.807) is 18.4 Å². The highest BCUT2D eigenvalue weighted by Crippen LogP contribution is 2.46. The maximum atomic E-state index is 13.3. The van der Waals surface area contributed by atoms with Gasteiger partial charge in [-0.1, -0.05) is 6.92 Å². The van der Waals surface area contributed by atoms with Crippen molar-refractivity contribution in [3.05, 3.63) is 58.7 Å². The zero-order valence-corrected chi connectivity index (χ0v) is 20.8. The molecular weight excluding hydrogens is 462 g/mol. The first-order chi connectivity index (χ1) is 17.0. The van der Waals surface area contributed by atoms with Gasteiger partial charge in [0, 0.05) is 47.6 Å². The highest BCUT2D eigenvalue weighted by molar-refractivity contribution is 7.08. The second-order valence-corrected chi connectivity index (χ2v) is 10.2. The first-order valence-corrected chi connectivity index (χ1v) is 12.8. The fourth-order valence-corrected chi connectivity index (χ4v) is 5.75. The molecule has 0 N–H and O–H groups in total. The second kappa shape index (κ2) is 8.61. The lowest BCUT2D eigenvalue weighted by molar-refractivity contribution is 0.0300. The van der Waals surface area contributed by atoms with Crippen LogP contribution < -0.4 is 9.47 Å². The van der Waals surface area contributed by atoms with Gasteiger partial charge in [-0.2, -0.15) is 16.4 Å². The van der Waals surface area contributed by atoms with Crippen molar-refractivity contribution in [1.82, 2.24) is 14.3 Å². The molecule has 2 aliphatic rings. The average Bonchev–Trinajstić information content (AvgIpc) is 3.65. The summed E-state index contributed by atoms with van der Waals surface area (Å²) in [6, 6.07) is 8.04. The summed E-state index contributed by atoms with van der Waals surface area (Å²) in [5.74, 6) is 1.63. The van der Waals surface area contributed by atoms with Crippen molar-refractivity contribution < 1.29 is 19.0 Å². The van der Waals surface area contributed by atoms with Crippen LogP contribution >= 0.6 is 11.3 Å². The number of aryl methyl sites for hydroxylation is 1. The van der Waals surface area contributed by atoms with Crippen molar-refractivity contribution in [1.29, 1.82) is 0 Å². The fraction of sp³-hybridized carbons (Fsp3) is 0.333. The van der Waals surface area contributed by atoms with Crippen molar-refractivity contribution in [2.24, 2.45) is 13.0 Å². The molecule has 8 heteroatoms. The van der Waals surface area contributed by atoms with Crippen LogP contribution in [0.1, 0.15) is 42.2 Å². The van der Waals surface area contributed by atoms with E-state index in [-0.39, 0.29) is 18.7 Å². The van der Waals surface area contributed by atoms with Gasteiger partial charge in [0.25, 0.3) is 0 Å². The number of hydrogen-bond acceptors (Lipinski definition) is 6. The molecule has 1 aliphatic carbocycles. The van der Waals surface area contributed by atoms with Crippen molar-refractivity contribution in [2.75, 3.05) is 7.11 Å². The van der Waals surface area contributed by atoms with Gasteiger partial charge in [0.1, 0.15) is 24.2 Å². The van der Waals surface area contributed by atoms with Crippen molar-refractivity contribution in [2.45, 2.75) is 38.9 Å². The highest BCUT2D eigenvalue weighted by Gasteiger charge is 2.34. The number of carbonyl (C=O) groups is 1. The first-order valence-electron chi connectivity index (χ1n) is 11.8. The largest absolute Gasteiger partial charge is 0.496 e. The minimum atomic E-state index is -0.377. The normalized spacial score (nSPS) is 18.6. The average molecular weight is 490 g/mol. The van der Waals surface area contributed by atoms with Crippen molar-refractivity contribution in [3.63, 3.8) is 0 Å². The van der Waals surface area contributed by atoms with E-state index in [1.807, 2.05) is 45.4 Å². The highest BCUT2D eigenvalue weighted by atomic mass is 32.1. The summed E-state index contributed by atoms with van der Waals surface area (Å²) in [6.45, 7) is 2.44. The van der Waals surface area contributed by atoms with Gasteiger partial charge < -0.3 is 18.8 Å². The van der Waals surface area contributed by atoms with Crippen LogP contribution in [0.2, 0.25) is 0 Å². The molecular formula is C27H27N3O4S. The van der Waals surface area contributed by atoms with Crippen molar-refractivity contribution >= 4 is 17.3 Å². The van der Waals surface area contributed by atoms with E-state index >= 15 is 0 Å². The zero-order valence-electron chi connectivity index (χ0n) is 20.0. The molecule has 180 valence electrons. The van der Waals surface area contributed by atoms with Gasteiger partial charge in [-0.25, -0.2) is 9.48 Å². The number of carbonyl (C=O) groups excluding carboxylic acids is 1. The summed E-state index contributed by atoms with van der Waals surface area (Å²) in [5, 5.41) is 8.81. The zero-order chi connectivity index (χ0) is 24.1. The van der Waals surface area contributed by atoms with Gasteiger partial charge in [0.2, 0.25) is 0 Å². The summed E-state index contributed by atoms with van der Waals surface area (Å²) in [4.78, 5) is 13.3. The number of aromatic nitrogens is 3. The molecule has 3 aromatic heterocycles. The predicted octanol–water partition coefficient (Wildman–Crippen LogP) is 5.85. The summed E-state index contributed by atoms with van der Waals surface area (Å²) < 4.78 is 21.6. The Kier molecular flexibility index (Phi) is 5.40. The van der Waals surface area contributed by atoms with E-state index in [1.165, 1.54) is 0 Å². The van der Waals surface area contributed by atoms with Gasteiger partial charge in [-0.05, 0) is 48.8 Å². The Balaban J connectivity index is 1.49. The number of benzene rings is 1. The molecule has 1 fully saturated rings. The number of nitrogens with zero attached hydrogens (tertiary/aromatic N) is 3. The lowest BCUT2D eigenvalue weighted by atomic mass is 9.97. The number of esters is 1. The molecule has 0 spiro atoms. The van der Waals surface area contributed by atoms with Gasteiger partial charge in [-0.3, -0.25) is 0 Å². The molecule has 2 atom stereocenters. The molecule has 0 saturated heterocycles. The van der Waals surface area contributed by atoms with Gasteiger partial charge in [0.05, 0.1) is 24.1 Å². The maximum Gasteiger partial charge on any atom is 0.359 e. The first kappa shape index (κ1) is 22.0. The number of fused-ring (bicyclic) bond motifs is 3. The quantitative estimate of drug-likeness (QED) is 0.329. The van der Waals surface area contributed by atoms with Crippen LogP contribution in [0.25, 0.3) is 28.1 Å². The number of thiophene rings is 1. The number of ether oxygens (including phenoxy) is 3. The van der Waals surface area contributed by atoms with Crippen LogP contribution in [0.5, 0.6) is 11.5 Å². The van der Waals surface area contributed by atoms with E-state index in [2.05, 4.69) is 25.3 Å². The Morgan fingerprint density at radius 3 is 2.80 bits per heavy atom. The van der Waals surface area contributed by atoms with Gasteiger partial charge in [0.15, 0.2) is 5.69 Å². The molecule has 1 aromatic carbocycles. The van der Waals surface area contributed by atoms with E-state index < -0.39 is 0 Å². The lowest BCUT2D eigenvalue weighted by Crippen LogP contribution is -2.18. The Bertz CT molecular complexity index is 1400.